The topological polar surface area (TPSA) is 137 Å². The number of unbranched alkanes of at least 4 members (excludes halogenated alkanes) is 16. The van der Waals surface area contributed by atoms with Gasteiger partial charge in [0.25, 0.3) is 0 Å². The van der Waals surface area contributed by atoms with Crippen LogP contribution >= 0.6 is 0 Å². The zero-order chi connectivity index (χ0) is 33.5. The highest BCUT2D eigenvalue weighted by Crippen LogP contribution is 2.28. The Morgan fingerprint density at radius 2 is 0.667 bits per heavy atom. The molecule has 2 heterocycles. The van der Waals surface area contributed by atoms with Crippen LogP contribution in [0.2, 0.25) is 0 Å². The van der Waals surface area contributed by atoms with E-state index in [1.54, 1.807) is 0 Å². The molecule has 2 aromatic heterocycles. The van der Waals surface area contributed by atoms with Gasteiger partial charge in [0.1, 0.15) is 11.5 Å². The van der Waals surface area contributed by atoms with E-state index in [2.05, 4.69) is 20.4 Å². The smallest absolute Gasteiger partial charge is 0.306 e. The third-order valence-corrected chi connectivity index (χ3v) is 8.38. The highest BCUT2D eigenvalue weighted by Gasteiger charge is 2.18. The maximum atomic E-state index is 8.83. The van der Waals surface area contributed by atoms with Crippen LogP contribution in [-0.4, -0.2) is 57.0 Å². The molecule has 0 atom stereocenters. The first-order chi connectivity index (χ1) is 23.8. The largest absolute Gasteiger partial charge is 0.494 e. The Morgan fingerprint density at radius 3 is 1.00 bits per heavy atom. The molecule has 0 saturated heterocycles. The molecule has 0 radical (unpaired) electrons. The Hall–Kier alpha value is -3.76. The van der Waals surface area contributed by atoms with Gasteiger partial charge in [0.15, 0.2) is 0 Å². The fourth-order valence-electron chi connectivity index (χ4n) is 5.52. The summed E-state index contributed by atoms with van der Waals surface area (Å²) in [5.41, 5.74) is 1.56. The first-order valence-electron chi connectivity index (χ1n) is 18.1. The van der Waals surface area contributed by atoms with Gasteiger partial charge in [-0.1, -0.05) is 89.9 Å². The molecule has 262 valence electrons. The van der Waals surface area contributed by atoms with Crippen molar-refractivity contribution in [3.63, 3.8) is 0 Å². The Balaban J connectivity index is 1.12. The van der Waals surface area contributed by atoms with Crippen LogP contribution in [0.4, 0.5) is 0 Å². The van der Waals surface area contributed by atoms with Crippen molar-refractivity contribution in [2.24, 2.45) is 0 Å². The van der Waals surface area contributed by atoms with Crippen molar-refractivity contribution in [1.29, 1.82) is 0 Å². The fourth-order valence-corrected chi connectivity index (χ4v) is 5.52. The van der Waals surface area contributed by atoms with E-state index in [0.29, 0.717) is 38.2 Å². The number of hydrogen-bond donors (Lipinski definition) is 2. The van der Waals surface area contributed by atoms with E-state index in [-0.39, 0.29) is 11.8 Å². The van der Waals surface area contributed by atoms with E-state index >= 15 is 0 Å². The number of hydrogen-bond acceptors (Lipinski definition) is 10. The number of aliphatic hydroxyl groups is 2. The average molecular weight is 663 g/mol. The molecule has 0 aliphatic carbocycles. The standard InChI is InChI=1S/C38H54N4O6/c43-27-15-11-7-3-1-5-9-13-17-29-45-33-23-19-31(20-24-33)35-39-41-37(47-35)38-42-40-36(48-38)32-21-25-34(26-22-32)46-30-18-14-10-6-2-4-8-12-16-28-44/h19-26,43-44H,1-18,27-30H2. The number of nitrogens with zero attached hydrogens (tertiary/aromatic N) is 4. The molecule has 48 heavy (non-hydrogen) atoms. The molecule has 2 N–H and O–H groups in total. The van der Waals surface area contributed by atoms with Crippen molar-refractivity contribution in [3.8, 4) is 46.2 Å². The SMILES string of the molecule is OCCCCCCCCCCCOc1ccc(-c2nnc(-c3nnc(-c4ccc(OCCCCCCCCCCCO)cc4)o3)o2)cc1. The van der Waals surface area contributed by atoms with Crippen molar-refractivity contribution in [3.05, 3.63) is 48.5 Å². The van der Waals surface area contributed by atoms with E-state index in [1.165, 1.54) is 77.0 Å². The fraction of sp³-hybridized carbons (Fsp3) is 0.579. The lowest BCUT2D eigenvalue weighted by molar-refractivity contribution is 0.282. The molecule has 0 spiro atoms. The summed E-state index contributed by atoms with van der Waals surface area (Å²) in [6.45, 7) is 2.02. The number of aliphatic hydroxyl groups excluding tert-OH is 2. The maximum Gasteiger partial charge on any atom is 0.306 e. The molecule has 0 aliphatic heterocycles. The van der Waals surface area contributed by atoms with E-state index < -0.39 is 0 Å². The monoisotopic (exact) mass is 662 g/mol. The second kappa shape index (κ2) is 22.7. The summed E-state index contributed by atoms with van der Waals surface area (Å²) >= 11 is 0. The normalized spacial score (nSPS) is 11.3. The van der Waals surface area contributed by atoms with Gasteiger partial charge in [0.05, 0.1) is 13.2 Å². The van der Waals surface area contributed by atoms with Crippen molar-refractivity contribution < 1.29 is 28.5 Å². The lowest BCUT2D eigenvalue weighted by Gasteiger charge is -2.06. The Kier molecular flexibility index (Phi) is 17.6. The Morgan fingerprint density at radius 1 is 0.375 bits per heavy atom. The van der Waals surface area contributed by atoms with Gasteiger partial charge in [0, 0.05) is 24.3 Å². The third-order valence-electron chi connectivity index (χ3n) is 8.38. The van der Waals surface area contributed by atoms with Gasteiger partial charge in [-0.05, 0) is 74.2 Å². The average Bonchev–Trinajstić information content (AvgIpc) is 3.81. The number of rotatable bonds is 27. The molecule has 10 heteroatoms. The number of ether oxygens (including phenoxy) is 2. The zero-order valence-electron chi connectivity index (χ0n) is 28.5. The molecule has 2 aromatic carbocycles. The van der Waals surface area contributed by atoms with Crippen LogP contribution in [0.1, 0.15) is 116 Å². The van der Waals surface area contributed by atoms with Crippen LogP contribution in [0.5, 0.6) is 11.5 Å². The van der Waals surface area contributed by atoms with Crippen LogP contribution < -0.4 is 9.47 Å². The molecule has 0 saturated carbocycles. The minimum atomic E-state index is 0.163. The summed E-state index contributed by atoms with van der Waals surface area (Å²) in [6, 6.07) is 15.2. The number of aromatic nitrogens is 4. The highest BCUT2D eigenvalue weighted by molar-refractivity contribution is 5.57. The van der Waals surface area contributed by atoms with E-state index in [0.717, 1.165) is 61.2 Å². The Bertz CT molecular complexity index is 1270. The van der Waals surface area contributed by atoms with Gasteiger partial charge in [-0.25, -0.2) is 0 Å². The van der Waals surface area contributed by atoms with Crippen LogP contribution in [0.3, 0.4) is 0 Å². The molecule has 0 amide bonds. The van der Waals surface area contributed by atoms with Crippen LogP contribution in [0.15, 0.2) is 57.4 Å². The summed E-state index contributed by atoms with van der Waals surface area (Å²) in [4.78, 5) is 0. The minimum absolute atomic E-state index is 0.163. The van der Waals surface area contributed by atoms with Gasteiger partial charge in [0.2, 0.25) is 11.8 Å². The van der Waals surface area contributed by atoms with E-state index in [1.807, 2.05) is 48.5 Å². The summed E-state index contributed by atoms with van der Waals surface area (Å²) < 4.78 is 23.5. The van der Waals surface area contributed by atoms with Crippen LogP contribution in [0.25, 0.3) is 34.7 Å². The van der Waals surface area contributed by atoms with Gasteiger partial charge in [-0.3, -0.25) is 0 Å². The lowest BCUT2D eigenvalue weighted by Crippen LogP contribution is -1.97. The first kappa shape index (κ1) is 37.1. The summed E-state index contributed by atoms with van der Waals surface area (Å²) in [6.07, 6.45) is 21.1. The maximum absolute atomic E-state index is 8.83. The van der Waals surface area contributed by atoms with Crippen molar-refractivity contribution in [1.82, 2.24) is 20.4 Å². The third kappa shape index (κ3) is 13.8. The second-order valence-corrected chi connectivity index (χ2v) is 12.4. The van der Waals surface area contributed by atoms with Crippen molar-refractivity contribution in [2.75, 3.05) is 26.4 Å². The first-order valence-corrected chi connectivity index (χ1v) is 18.1. The zero-order valence-corrected chi connectivity index (χ0v) is 28.5. The molecular weight excluding hydrogens is 608 g/mol. The highest BCUT2D eigenvalue weighted by atomic mass is 16.5. The van der Waals surface area contributed by atoms with Gasteiger partial charge in [-0.2, -0.15) is 0 Å². The van der Waals surface area contributed by atoms with E-state index in [9.17, 15) is 0 Å². The van der Waals surface area contributed by atoms with Gasteiger partial charge < -0.3 is 28.5 Å². The summed E-state index contributed by atoms with van der Waals surface area (Å²) in [7, 11) is 0. The molecule has 4 aromatic rings. The predicted molar refractivity (Wildman–Crippen MR) is 187 cm³/mol. The summed E-state index contributed by atoms with van der Waals surface area (Å²) in [5, 5.41) is 34.2. The molecule has 0 fully saturated rings. The minimum Gasteiger partial charge on any atom is -0.494 e. The Labute approximate surface area is 285 Å². The van der Waals surface area contributed by atoms with E-state index in [4.69, 9.17) is 28.5 Å². The van der Waals surface area contributed by atoms with Crippen molar-refractivity contribution in [2.45, 2.75) is 116 Å². The van der Waals surface area contributed by atoms with Crippen LogP contribution in [0, 0.1) is 0 Å². The van der Waals surface area contributed by atoms with Gasteiger partial charge >= 0.3 is 11.8 Å². The van der Waals surface area contributed by atoms with Crippen molar-refractivity contribution >= 4 is 0 Å². The molecule has 4 rings (SSSR count). The van der Waals surface area contributed by atoms with Crippen LogP contribution in [-0.2, 0) is 0 Å². The number of benzene rings is 2. The van der Waals surface area contributed by atoms with Gasteiger partial charge in [-0.15, -0.1) is 20.4 Å². The molecule has 0 unspecified atom stereocenters. The molecule has 0 bridgehead atoms. The molecule has 0 aliphatic rings. The molecule has 10 nitrogen and oxygen atoms in total. The quantitative estimate of drug-likeness (QED) is 0.0595. The lowest BCUT2D eigenvalue weighted by atomic mass is 10.1. The summed E-state index contributed by atoms with van der Waals surface area (Å²) in [5.74, 6) is 2.68. The second-order valence-electron chi connectivity index (χ2n) is 12.4. The predicted octanol–water partition coefficient (Wildman–Crippen LogP) is 9.22. The molecular formula is C38H54N4O6.